The normalized spacial score (nSPS) is 41.8. The summed E-state index contributed by atoms with van der Waals surface area (Å²) in [5, 5.41) is 0. The first-order valence-electron chi connectivity index (χ1n) is 5.61. The Kier molecular flexibility index (Phi) is 3.40. The second-order valence-electron chi connectivity index (χ2n) is 4.65. The average Bonchev–Trinajstić information content (AvgIpc) is 3.05. The largest absolute Gasteiger partial charge is 0.343 e. The molecule has 4 atom stereocenters. The fraction of sp³-hybridized carbons (Fsp3) is 0.500. The zero-order valence-corrected chi connectivity index (χ0v) is 13.4. The Morgan fingerprint density at radius 2 is 1.39 bits per heavy atom. The van der Waals surface area contributed by atoms with Gasteiger partial charge < -0.3 is 9.47 Å². The zero-order valence-electron chi connectivity index (χ0n) is 9.99. The summed E-state index contributed by atoms with van der Waals surface area (Å²) in [7, 11) is 0. The molecule has 1 aromatic rings. The van der Waals surface area contributed by atoms with E-state index in [1.54, 1.807) is 23.5 Å². The molecular weight excluding hydrogens is 304 g/mol. The molecule has 6 heteroatoms. The molecule has 0 bridgehead atoms. The van der Waals surface area contributed by atoms with E-state index in [9.17, 15) is 0 Å². The second kappa shape index (κ2) is 4.53. The van der Waals surface area contributed by atoms with Gasteiger partial charge in [-0.15, -0.1) is 25.3 Å². The van der Waals surface area contributed by atoms with E-state index in [-0.39, 0.29) is 20.7 Å². The van der Waals surface area contributed by atoms with Crippen LogP contribution in [0.2, 0.25) is 0 Å². The predicted molar refractivity (Wildman–Crippen MR) is 82.7 cm³/mol. The Hall–Kier alpha value is 0.540. The molecule has 18 heavy (non-hydrogen) atoms. The lowest BCUT2D eigenvalue weighted by Gasteiger charge is -2.09. The van der Waals surface area contributed by atoms with Crippen molar-refractivity contribution in [3.05, 3.63) is 24.3 Å². The van der Waals surface area contributed by atoms with Crippen LogP contribution in [0.1, 0.15) is 13.8 Å². The van der Waals surface area contributed by atoms with Crippen molar-refractivity contribution in [1.29, 1.82) is 0 Å². The molecule has 2 saturated heterocycles. The number of epoxide rings is 2. The van der Waals surface area contributed by atoms with Gasteiger partial charge in [-0.1, -0.05) is 29.6 Å². The van der Waals surface area contributed by atoms with E-state index in [1.807, 2.05) is 0 Å². The van der Waals surface area contributed by atoms with Crippen LogP contribution >= 0.6 is 48.8 Å². The fourth-order valence-corrected chi connectivity index (χ4v) is 4.66. The first kappa shape index (κ1) is 13.5. The Labute approximate surface area is 126 Å². The van der Waals surface area contributed by atoms with Crippen LogP contribution in [-0.2, 0) is 9.47 Å². The third-order valence-corrected chi connectivity index (χ3v) is 6.88. The van der Waals surface area contributed by atoms with Gasteiger partial charge in [-0.25, -0.2) is 0 Å². The minimum absolute atomic E-state index is 0.0323. The summed E-state index contributed by atoms with van der Waals surface area (Å²) in [5.74, 6) is 0. The highest BCUT2D eigenvalue weighted by Crippen LogP contribution is 2.54. The molecule has 2 nitrogen and oxygen atoms in total. The Morgan fingerprint density at radius 1 is 1.00 bits per heavy atom. The number of hydrogen-bond acceptors (Lipinski definition) is 6. The van der Waals surface area contributed by atoms with Crippen LogP contribution in [0.4, 0.5) is 0 Å². The molecule has 2 aliphatic heterocycles. The second-order valence-corrected chi connectivity index (χ2v) is 8.56. The minimum Gasteiger partial charge on any atom is -0.343 e. The highest BCUT2D eigenvalue weighted by molar-refractivity contribution is 8.02. The number of thiol groups is 2. The molecule has 0 aliphatic carbocycles. The molecule has 0 N–H and O–H groups in total. The molecule has 2 fully saturated rings. The van der Waals surface area contributed by atoms with Crippen molar-refractivity contribution < 1.29 is 9.47 Å². The van der Waals surface area contributed by atoms with Crippen molar-refractivity contribution >= 4 is 48.8 Å². The minimum atomic E-state index is -0.182. The molecule has 98 valence electrons. The van der Waals surface area contributed by atoms with Gasteiger partial charge in [0.1, 0.15) is 10.9 Å². The molecule has 0 aromatic heterocycles. The van der Waals surface area contributed by atoms with Gasteiger partial charge in [0, 0.05) is 9.79 Å². The standard InChI is InChI=1S/C12H14O2S4/c1-11(9(15)13-11)17-7-4-3-5-8(6-7)18-12(2)10(16)14-12/h3-6,9-10,15-16H,1-2H3. The molecule has 2 aliphatic rings. The molecule has 0 spiro atoms. The number of rotatable bonds is 4. The summed E-state index contributed by atoms with van der Waals surface area (Å²) < 4.78 is 10.9. The van der Waals surface area contributed by atoms with Crippen LogP contribution < -0.4 is 0 Å². The summed E-state index contributed by atoms with van der Waals surface area (Å²) in [6, 6.07) is 8.41. The van der Waals surface area contributed by atoms with Gasteiger partial charge >= 0.3 is 0 Å². The van der Waals surface area contributed by atoms with Crippen LogP contribution in [-0.4, -0.2) is 20.7 Å². The summed E-state index contributed by atoms with van der Waals surface area (Å²) in [6.07, 6.45) is 0. The third-order valence-electron chi connectivity index (χ3n) is 2.92. The number of thioether (sulfide) groups is 2. The van der Waals surface area contributed by atoms with Crippen molar-refractivity contribution in [2.24, 2.45) is 0 Å². The van der Waals surface area contributed by atoms with Crippen LogP contribution in [0, 0.1) is 0 Å². The van der Waals surface area contributed by atoms with E-state index >= 15 is 0 Å². The SMILES string of the molecule is CC1(Sc2cccc(SC3(C)OC3S)c2)OC1S. The third kappa shape index (κ3) is 2.69. The van der Waals surface area contributed by atoms with E-state index in [0.717, 1.165) is 0 Å². The van der Waals surface area contributed by atoms with Gasteiger partial charge in [0.05, 0.1) is 0 Å². The number of hydrogen-bond donors (Lipinski definition) is 2. The highest BCUT2D eigenvalue weighted by Gasteiger charge is 2.52. The van der Waals surface area contributed by atoms with Crippen molar-refractivity contribution in [2.75, 3.05) is 0 Å². The van der Waals surface area contributed by atoms with E-state index < -0.39 is 0 Å². The summed E-state index contributed by atoms with van der Waals surface area (Å²) in [4.78, 5) is 2.02. The van der Waals surface area contributed by atoms with Crippen LogP contribution in [0.25, 0.3) is 0 Å². The molecule has 0 amide bonds. The van der Waals surface area contributed by atoms with Gasteiger partial charge in [0.2, 0.25) is 0 Å². The van der Waals surface area contributed by atoms with Crippen LogP contribution in [0.3, 0.4) is 0 Å². The Bertz CT molecular complexity index is 444. The molecule has 3 rings (SSSR count). The van der Waals surface area contributed by atoms with Crippen molar-refractivity contribution in [3.63, 3.8) is 0 Å². The lowest BCUT2D eigenvalue weighted by Crippen LogP contribution is -2.00. The first-order valence-corrected chi connectivity index (χ1v) is 8.28. The summed E-state index contributed by atoms with van der Waals surface area (Å²) in [6.45, 7) is 4.12. The van der Waals surface area contributed by atoms with E-state index in [1.165, 1.54) is 9.79 Å². The van der Waals surface area contributed by atoms with Gasteiger partial charge in [0.15, 0.2) is 9.87 Å². The van der Waals surface area contributed by atoms with Gasteiger partial charge in [-0.05, 0) is 32.0 Å². The molecule has 0 radical (unpaired) electrons. The maximum atomic E-state index is 5.46. The van der Waals surface area contributed by atoms with Gasteiger partial charge in [-0.2, -0.15) is 0 Å². The smallest absolute Gasteiger partial charge is 0.152 e. The molecular formula is C12H14O2S4. The van der Waals surface area contributed by atoms with Crippen molar-refractivity contribution in [1.82, 2.24) is 0 Å². The Balaban J connectivity index is 1.70. The van der Waals surface area contributed by atoms with Gasteiger partial charge in [0.25, 0.3) is 0 Å². The van der Waals surface area contributed by atoms with Gasteiger partial charge in [-0.3, -0.25) is 0 Å². The van der Waals surface area contributed by atoms with Crippen LogP contribution in [0.5, 0.6) is 0 Å². The average molecular weight is 319 g/mol. The van der Waals surface area contributed by atoms with Crippen molar-refractivity contribution in [2.45, 2.75) is 44.4 Å². The van der Waals surface area contributed by atoms with Crippen molar-refractivity contribution in [3.8, 4) is 0 Å². The summed E-state index contributed by atoms with van der Waals surface area (Å²) >= 11 is 12.1. The molecule has 1 aromatic carbocycles. The number of ether oxygens (including phenoxy) is 2. The Morgan fingerprint density at radius 3 is 1.72 bits per heavy atom. The highest BCUT2D eigenvalue weighted by atomic mass is 32.2. The van der Waals surface area contributed by atoms with E-state index in [4.69, 9.17) is 9.47 Å². The summed E-state index contributed by atoms with van der Waals surface area (Å²) in [5.41, 5.74) is 0.0647. The lowest BCUT2D eigenvalue weighted by atomic mass is 10.4. The topological polar surface area (TPSA) is 25.1 Å². The quantitative estimate of drug-likeness (QED) is 0.650. The molecule has 4 unspecified atom stereocenters. The molecule has 0 saturated carbocycles. The van der Waals surface area contributed by atoms with E-state index in [2.05, 4.69) is 63.4 Å². The zero-order chi connectivity index (χ0) is 13.0. The first-order chi connectivity index (χ1) is 8.41. The number of benzene rings is 1. The fourth-order valence-electron chi connectivity index (χ4n) is 1.59. The lowest BCUT2D eigenvalue weighted by molar-refractivity contribution is 0.394. The molecule has 2 heterocycles. The van der Waals surface area contributed by atoms with Crippen LogP contribution in [0.15, 0.2) is 34.1 Å². The maximum absolute atomic E-state index is 5.46. The van der Waals surface area contributed by atoms with E-state index in [0.29, 0.717) is 0 Å². The predicted octanol–water partition coefficient (Wildman–Crippen LogP) is 3.88. The maximum Gasteiger partial charge on any atom is 0.152 e. The monoisotopic (exact) mass is 318 g/mol.